The summed E-state index contributed by atoms with van der Waals surface area (Å²) in [7, 11) is 0. The van der Waals surface area contributed by atoms with Crippen LogP contribution in [0, 0.1) is 12.8 Å². The largest absolute Gasteiger partial charge is 0.338 e. The highest BCUT2D eigenvalue weighted by atomic mass is 32.2. The van der Waals surface area contributed by atoms with Crippen LogP contribution in [0.25, 0.3) is 0 Å². The lowest BCUT2D eigenvalue weighted by molar-refractivity contribution is -0.115. The van der Waals surface area contributed by atoms with E-state index in [4.69, 9.17) is 4.52 Å². The van der Waals surface area contributed by atoms with Crippen LogP contribution in [0.3, 0.4) is 0 Å². The van der Waals surface area contributed by atoms with Crippen molar-refractivity contribution in [2.45, 2.75) is 44.6 Å². The first kappa shape index (κ1) is 15.5. The molecule has 21 heavy (non-hydrogen) atoms. The summed E-state index contributed by atoms with van der Waals surface area (Å²) in [6, 6.07) is 1.66. The molecule has 0 aliphatic heterocycles. The summed E-state index contributed by atoms with van der Waals surface area (Å²) in [5.41, 5.74) is 0.714. The number of carbonyl (C=O) groups excluding carboxylic acids is 1. The van der Waals surface area contributed by atoms with Gasteiger partial charge in [0.25, 0.3) is 0 Å². The number of nitrogens with one attached hydrogen (secondary N) is 1. The van der Waals surface area contributed by atoms with Crippen molar-refractivity contribution in [1.82, 2.24) is 25.4 Å². The van der Waals surface area contributed by atoms with Gasteiger partial charge in [0.05, 0.1) is 10.9 Å². The fraction of sp³-hybridized carbons (Fsp3) is 0.583. The van der Waals surface area contributed by atoms with E-state index >= 15 is 0 Å². The Bertz CT molecular complexity index is 608. The zero-order valence-corrected chi connectivity index (χ0v) is 13.2. The minimum Gasteiger partial charge on any atom is -0.338 e. The van der Waals surface area contributed by atoms with Gasteiger partial charge in [-0.15, -0.1) is 5.10 Å². The van der Waals surface area contributed by atoms with Gasteiger partial charge in [0.1, 0.15) is 0 Å². The molecular formula is C12H18N6O2S. The van der Waals surface area contributed by atoms with Gasteiger partial charge < -0.3 is 4.52 Å². The van der Waals surface area contributed by atoms with Crippen molar-refractivity contribution in [3.8, 4) is 0 Å². The Kier molecular flexibility index (Phi) is 4.94. The number of nitrogens with zero attached hydrogens (tertiary/aromatic N) is 5. The topological polar surface area (TPSA) is 98.7 Å². The van der Waals surface area contributed by atoms with E-state index in [9.17, 15) is 4.79 Å². The van der Waals surface area contributed by atoms with Crippen LogP contribution in [0.4, 0.5) is 5.88 Å². The number of aryl methyl sites for hydroxylation is 1. The van der Waals surface area contributed by atoms with Crippen molar-refractivity contribution in [2.75, 3.05) is 5.32 Å². The monoisotopic (exact) mass is 310 g/mol. The molecule has 0 unspecified atom stereocenters. The maximum Gasteiger partial charge on any atom is 0.240 e. The van der Waals surface area contributed by atoms with E-state index in [1.54, 1.807) is 24.6 Å². The number of rotatable bonds is 6. The molecule has 9 heteroatoms. The molecule has 114 valence electrons. The molecule has 0 fully saturated rings. The van der Waals surface area contributed by atoms with Crippen molar-refractivity contribution in [3.63, 3.8) is 0 Å². The molecule has 0 saturated carbocycles. The molecular weight excluding hydrogens is 292 g/mol. The van der Waals surface area contributed by atoms with E-state index in [2.05, 4.69) is 39.8 Å². The van der Waals surface area contributed by atoms with Gasteiger partial charge in [0, 0.05) is 12.6 Å². The summed E-state index contributed by atoms with van der Waals surface area (Å²) >= 11 is 1.31. The number of amides is 1. The number of hydrogen-bond donors (Lipinski definition) is 1. The van der Waals surface area contributed by atoms with Crippen LogP contribution in [0.1, 0.15) is 26.5 Å². The first-order valence-electron chi connectivity index (χ1n) is 6.62. The molecule has 8 nitrogen and oxygen atoms in total. The second kappa shape index (κ2) is 6.70. The van der Waals surface area contributed by atoms with E-state index < -0.39 is 0 Å². The van der Waals surface area contributed by atoms with Gasteiger partial charge in [-0.3, -0.25) is 10.1 Å². The average molecular weight is 310 g/mol. The summed E-state index contributed by atoms with van der Waals surface area (Å²) in [5.74, 6) is 0.580. The SMILES string of the molecule is Cc1cc(NC(=O)[C@H](C)Sc2nnnn2CC(C)C)on1. The van der Waals surface area contributed by atoms with Crippen LogP contribution in [0.5, 0.6) is 0 Å². The number of anilines is 1. The van der Waals surface area contributed by atoms with Gasteiger partial charge in [-0.25, -0.2) is 4.68 Å². The third-order valence-electron chi connectivity index (χ3n) is 2.56. The molecule has 0 aromatic carbocycles. The predicted octanol–water partition coefficient (Wildman–Crippen LogP) is 1.74. The highest BCUT2D eigenvalue weighted by Gasteiger charge is 2.20. The lowest BCUT2D eigenvalue weighted by Gasteiger charge is -2.10. The van der Waals surface area contributed by atoms with Crippen LogP contribution in [-0.2, 0) is 11.3 Å². The standard InChI is InChI=1S/C12H18N6O2S/c1-7(2)6-18-12(14-16-17-18)21-9(4)11(19)13-10-5-8(3)15-20-10/h5,7,9H,6H2,1-4H3,(H,13,19)/t9-/m0/s1. The molecule has 1 amide bonds. The first-order chi connectivity index (χ1) is 9.95. The highest BCUT2D eigenvalue weighted by Crippen LogP contribution is 2.22. The second-order valence-corrected chi connectivity index (χ2v) is 6.43. The van der Waals surface area contributed by atoms with Crippen LogP contribution >= 0.6 is 11.8 Å². The van der Waals surface area contributed by atoms with E-state index in [0.29, 0.717) is 29.2 Å². The molecule has 1 N–H and O–H groups in total. The maximum absolute atomic E-state index is 12.1. The van der Waals surface area contributed by atoms with Gasteiger partial charge in [-0.05, 0) is 30.2 Å². The summed E-state index contributed by atoms with van der Waals surface area (Å²) in [6.45, 7) is 8.46. The summed E-state index contributed by atoms with van der Waals surface area (Å²) < 4.78 is 6.67. The minimum atomic E-state index is -0.354. The quantitative estimate of drug-likeness (QED) is 0.811. The molecule has 0 aliphatic rings. The van der Waals surface area contributed by atoms with E-state index in [0.717, 1.165) is 0 Å². The van der Waals surface area contributed by atoms with Crippen molar-refractivity contribution in [3.05, 3.63) is 11.8 Å². The van der Waals surface area contributed by atoms with Crippen LogP contribution in [-0.4, -0.2) is 36.5 Å². The lowest BCUT2D eigenvalue weighted by atomic mass is 10.2. The second-order valence-electron chi connectivity index (χ2n) is 5.12. The lowest BCUT2D eigenvalue weighted by Crippen LogP contribution is -2.23. The Morgan fingerprint density at radius 2 is 2.24 bits per heavy atom. The Labute approximate surface area is 126 Å². The average Bonchev–Trinajstić information content (AvgIpc) is 2.99. The van der Waals surface area contributed by atoms with Gasteiger partial charge >= 0.3 is 0 Å². The number of aromatic nitrogens is 5. The van der Waals surface area contributed by atoms with Gasteiger partial charge in [-0.1, -0.05) is 30.8 Å². The Morgan fingerprint density at radius 1 is 1.48 bits per heavy atom. The summed E-state index contributed by atoms with van der Waals surface area (Å²) in [5, 5.41) is 18.2. The van der Waals surface area contributed by atoms with Crippen molar-refractivity contribution in [1.29, 1.82) is 0 Å². The molecule has 2 heterocycles. The Morgan fingerprint density at radius 3 is 2.86 bits per heavy atom. The molecule has 2 rings (SSSR count). The van der Waals surface area contributed by atoms with Crippen molar-refractivity contribution >= 4 is 23.6 Å². The molecule has 2 aromatic rings. The summed E-state index contributed by atoms with van der Waals surface area (Å²) in [6.07, 6.45) is 0. The molecule has 2 aromatic heterocycles. The molecule has 0 radical (unpaired) electrons. The number of tetrazole rings is 1. The molecule has 0 saturated heterocycles. The summed E-state index contributed by atoms with van der Waals surface area (Å²) in [4.78, 5) is 12.1. The van der Waals surface area contributed by atoms with E-state index in [-0.39, 0.29) is 11.2 Å². The Balaban J connectivity index is 1.96. The normalized spacial score (nSPS) is 12.6. The minimum absolute atomic E-state index is 0.185. The van der Waals surface area contributed by atoms with E-state index in [1.807, 2.05) is 0 Å². The zero-order chi connectivity index (χ0) is 15.4. The predicted molar refractivity (Wildman–Crippen MR) is 77.8 cm³/mol. The number of carbonyl (C=O) groups is 1. The van der Waals surface area contributed by atoms with Crippen LogP contribution in [0.15, 0.2) is 15.7 Å². The van der Waals surface area contributed by atoms with Gasteiger partial charge in [0.15, 0.2) is 0 Å². The first-order valence-corrected chi connectivity index (χ1v) is 7.50. The fourth-order valence-electron chi connectivity index (χ4n) is 1.60. The van der Waals surface area contributed by atoms with Crippen molar-refractivity contribution < 1.29 is 9.32 Å². The smallest absolute Gasteiger partial charge is 0.240 e. The van der Waals surface area contributed by atoms with E-state index in [1.165, 1.54) is 11.8 Å². The Hall–Kier alpha value is -1.90. The number of hydrogen-bond acceptors (Lipinski definition) is 7. The third kappa shape index (κ3) is 4.28. The molecule has 0 aliphatic carbocycles. The van der Waals surface area contributed by atoms with Crippen LogP contribution < -0.4 is 5.32 Å². The molecule has 1 atom stereocenters. The third-order valence-corrected chi connectivity index (χ3v) is 3.63. The maximum atomic E-state index is 12.1. The molecule has 0 bridgehead atoms. The highest BCUT2D eigenvalue weighted by molar-refractivity contribution is 8.00. The zero-order valence-electron chi connectivity index (χ0n) is 12.4. The van der Waals surface area contributed by atoms with Crippen molar-refractivity contribution in [2.24, 2.45) is 5.92 Å². The fourth-order valence-corrected chi connectivity index (χ4v) is 2.40. The van der Waals surface area contributed by atoms with Gasteiger partial charge in [-0.2, -0.15) is 0 Å². The van der Waals surface area contributed by atoms with Crippen LogP contribution in [0.2, 0.25) is 0 Å². The molecule has 0 spiro atoms. The number of thioether (sulfide) groups is 1. The van der Waals surface area contributed by atoms with Gasteiger partial charge in [0.2, 0.25) is 16.9 Å².